The first-order chi connectivity index (χ1) is 9.43. The molecule has 0 aromatic heterocycles. The summed E-state index contributed by atoms with van der Waals surface area (Å²) >= 11 is 0. The summed E-state index contributed by atoms with van der Waals surface area (Å²) in [5.74, 6) is -1.04. The highest BCUT2D eigenvalue weighted by Gasteiger charge is 2.19. The van der Waals surface area contributed by atoms with E-state index in [4.69, 9.17) is 14.6 Å². The van der Waals surface area contributed by atoms with Gasteiger partial charge in [-0.3, -0.25) is 4.79 Å². The highest BCUT2D eigenvalue weighted by atomic mass is 16.5. The SMILES string of the molecule is COCC(NC(=O)COc1cc(C)ccc1C)C(=O)O. The van der Waals surface area contributed by atoms with Crippen molar-refractivity contribution in [2.75, 3.05) is 20.3 Å². The van der Waals surface area contributed by atoms with Gasteiger partial charge in [0, 0.05) is 7.11 Å². The van der Waals surface area contributed by atoms with E-state index < -0.39 is 17.9 Å². The summed E-state index contributed by atoms with van der Waals surface area (Å²) in [6.45, 7) is 3.46. The Hall–Kier alpha value is -2.08. The predicted octanol–water partition coefficient (Wildman–Crippen LogP) is 0.898. The van der Waals surface area contributed by atoms with Crippen molar-refractivity contribution in [3.8, 4) is 5.75 Å². The third kappa shape index (κ3) is 4.89. The van der Waals surface area contributed by atoms with Crippen molar-refractivity contribution in [1.29, 1.82) is 0 Å². The Morgan fingerprint density at radius 2 is 2.05 bits per heavy atom. The Kier molecular flexibility index (Phi) is 5.99. The van der Waals surface area contributed by atoms with Gasteiger partial charge in [0.25, 0.3) is 5.91 Å². The van der Waals surface area contributed by atoms with E-state index >= 15 is 0 Å². The van der Waals surface area contributed by atoms with Crippen LogP contribution >= 0.6 is 0 Å². The molecule has 0 bridgehead atoms. The molecule has 0 aliphatic heterocycles. The molecule has 0 aliphatic rings. The van der Waals surface area contributed by atoms with Crippen molar-refractivity contribution in [2.45, 2.75) is 19.9 Å². The molecule has 6 nitrogen and oxygen atoms in total. The van der Waals surface area contributed by atoms with Crippen molar-refractivity contribution in [1.82, 2.24) is 5.32 Å². The third-order valence-electron chi connectivity index (χ3n) is 2.67. The van der Waals surface area contributed by atoms with Crippen LogP contribution in [0.25, 0.3) is 0 Å². The number of aryl methyl sites for hydroxylation is 2. The molecule has 20 heavy (non-hydrogen) atoms. The Morgan fingerprint density at radius 1 is 1.35 bits per heavy atom. The Labute approximate surface area is 117 Å². The fourth-order valence-electron chi connectivity index (χ4n) is 1.58. The Bertz CT molecular complexity index is 486. The van der Waals surface area contributed by atoms with Gasteiger partial charge >= 0.3 is 5.97 Å². The monoisotopic (exact) mass is 281 g/mol. The minimum Gasteiger partial charge on any atom is -0.483 e. The lowest BCUT2D eigenvalue weighted by Crippen LogP contribution is -2.45. The molecule has 0 saturated heterocycles. The van der Waals surface area contributed by atoms with Gasteiger partial charge in [-0.25, -0.2) is 4.79 Å². The quantitative estimate of drug-likeness (QED) is 0.775. The molecule has 0 aliphatic carbocycles. The van der Waals surface area contributed by atoms with Crippen LogP contribution in [0, 0.1) is 13.8 Å². The molecule has 0 radical (unpaired) electrons. The number of benzene rings is 1. The molecule has 1 aromatic carbocycles. The number of carboxylic acid groups (broad SMARTS) is 1. The molecule has 1 amide bonds. The number of hydrogen-bond donors (Lipinski definition) is 2. The molecular weight excluding hydrogens is 262 g/mol. The highest BCUT2D eigenvalue weighted by molar-refractivity contribution is 5.84. The molecule has 0 saturated carbocycles. The zero-order valence-electron chi connectivity index (χ0n) is 11.8. The molecule has 1 unspecified atom stereocenters. The fourth-order valence-corrected chi connectivity index (χ4v) is 1.58. The molecule has 0 spiro atoms. The summed E-state index contributed by atoms with van der Waals surface area (Å²) in [4.78, 5) is 22.5. The van der Waals surface area contributed by atoms with Gasteiger partial charge in [0.2, 0.25) is 0 Å². The molecule has 1 rings (SSSR count). The van der Waals surface area contributed by atoms with Crippen LogP contribution in [0.4, 0.5) is 0 Å². The van der Waals surface area contributed by atoms with Crippen LogP contribution in [-0.2, 0) is 14.3 Å². The number of methoxy groups -OCH3 is 1. The lowest BCUT2D eigenvalue weighted by molar-refractivity contribution is -0.143. The zero-order valence-corrected chi connectivity index (χ0v) is 11.8. The number of aliphatic carboxylic acids is 1. The van der Waals surface area contributed by atoms with Gasteiger partial charge in [0.1, 0.15) is 5.75 Å². The minimum atomic E-state index is -1.15. The largest absolute Gasteiger partial charge is 0.483 e. The molecule has 0 fully saturated rings. The third-order valence-corrected chi connectivity index (χ3v) is 2.67. The molecule has 6 heteroatoms. The van der Waals surface area contributed by atoms with Crippen LogP contribution in [0.1, 0.15) is 11.1 Å². The summed E-state index contributed by atoms with van der Waals surface area (Å²) in [6, 6.07) is 4.59. The first kappa shape index (κ1) is 16.0. The van der Waals surface area contributed by atoms with E-state index in [1.165, 1.54) is 7.11 Å². The number of carbonyl (C=O) groups excluding carboxylic acids is 1. The van der Waals surface area contributed by atoms with E-state index in [1.807, 2.05) is 32.0 Å². The average Bonchev–Trinajstić information content (AvgIpc) is 2.39. The Morgan fingerprint density at radius 3 is 2.65 bits per heavy atom. The van der Waals surface area contributed by atoms with Gasteiger partial charge in [-0.1, -0.05) is 12.1 Å². The van der Waals surface area contributed by atoms with Crippen LogP contribution in [0.2, 0.25) is 0 Å². The number of rotatable bonds is 7. The molecular formula is C14H19NO5. The number of nitrogens with one attached hydrogen (secondary N) is 1. The van der Waals surface area contributed by atoms with Crippen molar-refractivity contribution in [2.24, 2.45) is 0 Å². The summed E-state index contributed by atoms with van der Waals surface area (Å²) in [5.41, 5.74) is 1.93. The maximum absolute atomic E-state index is 11.6. The first-order valence-electron chi connectivity index (χ1n) is 6.15. The van der Waals surface area contributed by atoms with Crippen LogP contribution in [0.3, 0.4) is 0 Å². The van der Waals surface area contributed by atoms with E-state index in [2.05, 4.69) is 5.32 Å². The van der Waals surface area contributed by atoms with Gasteiger partial charge in [-0.2, -0.15) is 0 Å². The molecule has 1 atom stereocenters. The minimum absolute atomic E-state index is 0.0927. The number of carbonyl (C=O) groups is 2. The maximum atomic E-state index is 11.6. The first-order valence-corrected chi connectivity index (χ1v) is 6.15. The van der Waals surface area contributed by atoms with Crippen molar-refractivity contribution in [3.63, 3.8) is 0 Å². The van der Waals surface area contributed by atoms with E-state index in [9.17, 15) is 9.59 Å². The van der Waals surface area contributed by atoms with Crippen LogP contribution < -0.4 is 10.1 Å². The summed E-state index contributed by atoms with van der Waals surface area (Å²) in [6.07, 6.45) is 0. The number of hydrogen-bond acceptors (Lipinski definition) is 4. The van der Waals surface area contributed by atoms with E-state index in [1.54, 1.807) is 0 Å². The average molecular weight is 281 g/mol. The predicted molar refractivity (Wildman–Crippen MR) is 72.9 cm³/mol. The van der Waals surface area contributed by atoms with E-state index in [0.29, 0.717) is 5.75 Å². The second-order valence-corrected chi connectivity index (χ2v) is 4.47. The summed E-state index contributed by atoms with van der Waals surface area (Å²) in [5, 5.41) is 11.2. The summed E-state index contributed by atoms with van der Waals surface area (Å²) < 4.78 is 10.1. The number of amides is 1. The normalized spacial score (nSPS) is 11.8. The van der Waals surface area contributed by atoms with Crippen molar-refractivity contribution < 1.29 is 24.2 Å². The van der Waals surface area contributed by atoms with E-state index in [0.717, 1.165) is 11.1 Å². The van der Waals surface area contributed by atoms with Gasteiger partial charge in [-0.15, -0.1) is 0 Å². The summed E-state index contributed by atoms with van der Waals surface area (Å²) in [7, 11) is 1.37. The van der Waals surface area contributed by atoms with Crippen LogP contribution in [-0.4, -0.2) is 43.3 Å². The molecule has 2 N–H and O–H groups in total. The molecule has 110 valence electrons. The standard InChI is InChI=1S/C14H19NO5/c1-9-4-5-10(2)12(6-9)20-8-13(16)15-11(7-19-3)14(17)18/h4-6,11H,7-8H2,1-3H3,(H,15,16)(H,17,18). The lowest BCUT2D eigenvalue weighted by Gasteiger charge is -2.14. The topological polar surface area (TPSA) is 84.9 Å². The van der Waals surface area contributed by atoms with Gasteiger partial charge < -0.3 is 19.9 Å². The fraction of sp³-hybridized carbons (Fsp3) is 0.429. The zero-order chi connectivity index (χ0) is 15.1. The number of carboxylic acids is 1. The number of ether oxygens (including phenoxy) is 2. The van der Waals surface area contributed by atoms with E-state index in [-0.39, 0.29) is 13.2 Å². The maximum Gasteiger partial charge on any atom is 0.328 e. The molecule has 1 aromatic rings. The smallest absolute Gasteiger partial charge is 0.328 e. The van der Waals surface area contributed by atoms with Crippen LogP contribution in [0.15, 0.2) is 18.2 Å². The lowest BCUT2D eigenvalue weighted by atomic mass is 10.1. The van der Waals surface area contributed by atoms with Gasteiger partial charge in [-0.05, 0) is 31.0 Å². The highest BCUT2D eigenvalue weighted by Crippen LogP contribution is 2.18. The van der Waals surface area contributed by atoms with Crippen LogP contribution in [0.5, 0.6) is 5.75 Å². The Balaban J connectivity index is 2.54. The second kappa shape index (κ2) is 7.49. The van der Waals surface area contributed by atoms with Gasteiger partial charge in [0.05, 0.1) is 6.61 Å². The van der Waals surface area contributed by atoms with Crippen molar-refractivity contribution >= 4 is 11.9 Å². The second-order valence-electron chi connectivity index (χ2n) is 4.47. The van der Waals surface area contributed by atoms with Crippen molar-refractivity contribution in [3.05, 3.63) is 29.3 Å². The molecule has 0 heterocycles. The van der Waals surface area contributed by atoms with Gasteiger partial charge in [0.15, 0.2) is 12.6 Å².